The first-order valence-corrected chi connectivity index (χ1v) is 5.64. The number of piperidine rings is 1. The second-order valence-electron chi connectivity index (χ2n) is 4.09. The molecule has 1 aliphatic heterocycles. The van der Waals surface area contributed by atoms with E-state index < -0.39 is 0 Å². The predicted octanol–water partition coefficient (Wildman–Crippen LogP) is 1.20. The van der Waals surface area contributed by atoms with E-state index >= 15 is 0 Å². The third-order valence-electron chi connectivity index (χ3n) is 2.80. The number of nitrogens with zero attached hydrogens (tertiary/aromatic N) is 1. The van der Waals surface area contributed by atoms with Crippen LogP contribution >= 0.6 is 0 Å². The summed E-state index contributed by atoms with van der Waals surface area (Å²) in [7, 11) is 0. The summed E-state index contributed by atoms with van der Waals surface area (Å²) < 4.78 is 0. The summed E-state index contributed by atoms with van der Waals surface area (Å²) in [5.41, 5.74) is 0. The standard InChI is InChI=1S/C11H21NO2/c1-2-10(13)5-3-7-12-8-4-6-11(14)9-12/h11,14H,2-9H2,1H3. The minimum Gasteiger partial charge on any atom is -0.392 e. The number of aliphatic hydroxyl groups excluding tert-OH is 1. The highest BCUT2D eigenvalue weighted by Crippen LogP contribution is 2.10. The number of hydrogen-bond acceptors (Lipinski definition) is 3. The van der Waals surface area contributed by atoms with Crippen molar-refractivity contribution >= 4 is 5.78 Å². The van der Waals surface area contributed by atoms with E-state index in [2.05, 4.69) is 4.90 Å². The van der Waals surface area contributed by atoms with Gasteiger partial charge >= 0.3 is 0 Å². The maximum absolute atomic E-state index is 11.0. The Morgan fingerprint density at radius 1 is 1.57 bits per heavy atom. The van der Waals surface area contributed by atoms with Gasteiger partial charge in [-0.05, 0) is 32.4 Å². The molecule has 0 aromatic rings. The average molecular weight is 199 g/mol. The zero-order valence-electron chi connectivity index (χ0n) is 9.04. The largest absolute Gasteiger partial charge is 0.392 e. The number of likely N-dealkylation sites (tertiary alicyclic amines) is 1. The van der Waals surface area contributed by atoms with Crippen LogP contribution < -0.4 is 0 Å². The van der Waals surface area contributed by atoms with Gasteiger partial charge in [-0.2, -0.15) is 0 Å². The zero-order valence-corrected chi connectivity index (χ0v) is 9.04. The van der Waals surface area contributed by atoms with E-state index in [4.69, 9.17) is 0 Å². The molecule has 3 heteroatoms. The fourth-order valence-electron chi connectivity index (χ4n) is 1.91. The molecule has 1 saturated heterocycles. The van der Waals surface area contributed by atoms with Gasteiger partial charge in [-0.3, -0.25) is 4.79 Å². The Kier molecular flexibility index (Phi) is 5.12. The Labute approximate surface area is 86.1 Å². The number of hydrogen-bond donors (Lipinski definition) is 1. The van der Waals surface area contributed by atoms with Crippen LogP contribution in [0.25, 0.3) is 0 Å². The van der Waals surface area contributed by atoms with E-state index in [0.717, 1.165) is 38.9 Å². The molecule has 82 valence electrons. The number of carbonyl (C=O) groups is 1. The maximum atomic E-state index is 11.0. The molecule has 1 heterocycles. The summed E-state index contributed by atoms with van der Waals surface area (Å²) in [6, 6.07) is 0. The highest BCUT2D eigenvalue weighted by atomic mass is 16.3. The van der Waals surface area contributed by atoms with Crippen LogP contribution in [0.3, 0.4) is 0 Å². The second-order valence-corrected chi connectivity index (χ2v) is 4.09. The Balaban J connectivity index is 2.08. The van der Waals surface area contributed by atoms with Gasteiger partial charge < -0.3 is 10.0 Å². The molecule has 0 radical (unpaired) electrons. The molecular weight excluding hydrogens is 178 g/mol. The lowest BCUT2D eigenvalue weighted by Gasteiger charge is -2.29. The molecule has 3 nitrogen and oxygen atoms in total. The van der Waals surface area contributed by atoms with Crippen molar-refractivity contribution in [3.8, 4) is 0 Å². The van der Waals surface area contributed by atoms with Crippen LogP contribution in [0.2, 0.25) is 0 Å². The SMILES string of the molecule is CCC(=O)CCCN1CCCC(O)C1. The van der Waals surface area contributed by atoms with Crippen LogP contribution in [-0.2, 0) is 4.79 Å². The highest BCUT2D eigenvalue weighted by molar-refractivity contribution is 5.77. The molecular formula is C11H21NO2. The molecule has 1 fully saturated rings. The minimum atomic E-state index is -0.148. The number of Topliss-reactive ketones (excluding diaryl/α,β-unsaturated/α-hetero) is 1. The van der Waals surface area contributed by atoms with E-state index in [9.17, 15) is 9.90 Å². The fourth-order valence-corrected chi connectivity index (χ4v) is 1.91. The van der Waals surface area contributed by atoms with Gasteiger partial charge in [0, 0.05) is 19.4 Å². The van der Waals surface area contributed by atoms with Crippen molar-refractivity contribution in [1.82, 2.24) is 4.90 Å². The van der Waals surface area contributed by atoms with Gasteiger partial charge in [-0.15, -0.1) is 0 Å². The summed E-state index contributed by atoms with van der Waals surface area (Å²) in [6.45, 7) is 4.74. The average Bonchev–Trinajstić information content (AvgIpc) is 2.17. The van der Waals surface area contributed by atoms with Crippen molar-refractivity contribution in [3.05, 3.63) is 0 Å². The molecule has 1 unspecified atom stereocenters. The first-order valence-electron chi connectivity index (χ1n) is 5.64. The number of aliphatic hydroxyl groups is 1. The first-order chi connectivity index (χ1) is 6.72. The number of β-amino-alcohol motifs (C(OH)–C–C–N with tert-alkyl or cyclic N) is 1. The van der Waals surface area contributed by atoms with Crippen molar-refractivity contribution in [3.63, 3.8) is 0 Å². The quantitative estimate of drug-likeness (QED) is 0.723. The van der Waals surface area contributed by atoms with E-state index in [1.807, 2.05) is 6.92 Å². The van der Waals surface area contributed by atoms with Gasteiger partial charge in [-0.1, -0.05) is 6.92 Å². The lowest BCUT2D eigenvalue weighted by atomic mass is 10.1. The van der Waals surface area contributed by atoms with E-state index in [1.54, 1.807) is 0 Å². The third kappa shape index (κ3) is 4.20. The molecule has 14 heavy (non-hydrogen) atoms. The summed E-state index contributed by atoms with van der Waals surface area (Å²) >= 11 is 0. The van der Waals surface area contributed by atoms with E-state index in [-0.39, 0.29) is 6.10 Å². The summed E-state index contributed by atoms with van der Waals surface area (Å²) in [5, 5.41) is 9.43. The smallest absolute Gasteiger partial charge is 0.132 e. The third-order valence-corrected chi connectivity index (χ3v) is 2.80. The van der Waals surface area contributed by atoms with Crippen LogP contribution in [0.1, 0.15) is 39.0 Å². The van der Waals surface area contributed by atoms with Crippen LogP contribution in [0.5, 0.6) is 0 Å². The van der Waals surface area contributed by atoms with E-state index in [1.165, 1.54) is 0 Å². The van der Waals surface area contributed by atoms with Gasteiger partial charge in [0.15, 0.2) is 0 Å². The fraction of sp³-hybridized carbons (Fsp3) is 0.909. The highest BCUT2D eigenvalue weighted by Gasteiger charge is 2.16. The van der Waals surface area contributed by atoms with Gasteiger partial charge in [0.1, 0.15) is 5.78 Å². The molecule has 0 spiro atoms. The van der Waals surface area contributed by atoms with Crippen molar-refractivity contribution < 1.29 is 9.90 Å². The maximum Gasteiger partial charge on any atom is 0.132 e. The predicted molar refractivity (Wildman–Crippen MR) is 56.2 cm³/mol. The number of rotatable bonds is 5. The van der Waals surface area contributed by atoms with Gasteiger partial charge in [0.05, 0.1) is 6.10 Å². The number of carbonyl (C=O) groups excluding carboxylic acids is 1. The Bertz CT molecular complexity index is 182. The summed E-state index contributed by atoms with van der Waals surface area (Å²) in [4.78, 5) is 13.3. The van der Waals surface area contributed by atoms with Crippen LogP contribution in [-0.4, -0.2) is 41.5 Å². The lowest BCUT2D eigenvalue weighted by Crippen LogP contribution is -2.38. The molecule has 0 aromatic carbocycles. The molecule has 0 bridgehead atoms. The second kappa shape index (κ2) is 6.14. The monoisotopic (exact) mass is 199 g/mol. The van der Waals surface area contributed by atoms with Gasteiger partial charge in [-0.25, -0.2) is 0 Å². The molecule has 0 amide bonds. The number of ketones is 1. The molecule has 1 N–H and O–H groups in total. The first kappa shape index (κ1) is 11.7. The Morgan fingerprint density at radius 2 is 2.36 bits per heavy atom. The molecule has 1 atom stereocenters. The molecule has 0 saturated carbocycles. The van der Waals surface area contributed by atoms with Gasteiger partial charge in [0.2, 0.25) is 0 Å². The van der Waals surface area contributed by atoms with Crippen molar-refractivity contribution in [1.29, 1.82) is 0 Å². The van der Waals surface area contributed by atoms with Crippen LogP contribution in [0, 0.1) is 0 Å². The Hall–Kier alpha value is -0.410. The summed E-state index contributed by atoms with van der Waals surface area (Å²) in [6.07, 6.45) is 4.17. The Morgan fingerprint density at radius 3 is 3.00 bits per heavy atom. The molecule has 0 aliphatic carbocycles. The molecule has 0 aromatic heterocycles. The topological polar surface area (TPSA) is 40.5 Å². The van der Waals surface area contributed by atoms with Crippen molar-refractivity contribution in [2.45, 2.75) is 45.1 Å². The van der Waals surface area contributed by atoms with Crippen molar-refractivity contribution in [2.24, 2.45) is 0 Å². The van der Waals surface area contributed by atoms with Crippen LogP contribution in [0.4, 0.5) is 0 Å². The van der Waals surface area contributed by atoms with Crippen LogP contribution in [0.15, 0.2) is 0 Å². The lowest BCUT2D eigenvalue weighted by molar-refractivity contribution is -0.118. The normalized spacial score (nSPS) is 23.7. The van der Waals surface area contributed by atoms with Gasteiger partial charge in [0.25, 0.3) is 0 Å². The molecule has 1 aliphatic rings. The van der Waals surface area contributed by atoms with Crippen molar-refractivity contribution in [2.75, 3.05) is 19.6 Å². The zero-order chi connectivity index (χ0) is 10.4. The van der Waals surface area contributed by atoms with E-state index in [0.29, 0.717) is 18.6 Å². The minimum absolute atomic E-state index is 0.148. The molecule has 1 rings (SSSR count). The summed E-state index contributed by atoms with van der Waals surface area (Å²) in [5.74, 6) is 0.350.